The van der Waals surface area contributed by atoms with Crippen LogP contribution in [0.4, 0.5) is 21.2 Å². The van der Waals surface area contributed by atoms with Gasteiger partial charge < -0.3 is 49.4 Å². The Balaban J connectivity index is 0.000000412. The largest absolute Gasteiger partial charge is 0.508 e. The summed E-state index contributed by atoms with van der Waals surface area (Å²) in [5, 5.41) is 27.0. The van der Waals surface area contributed by atoms with Gasteiger partial charge in [0, 0.05) is 104 Å². The van der Waals surface area contributed by atoms with Gasteiger partial charge >= 0.3 is 0 Å². The number of aryl methyl sites for hydroxylation is 2. The fourth-order valence-corrected chi connectivity index (χ4v) is 11.0. The third kappa shape index (κ3) is 18.1. The molecule has 1 saturated heterocycles. The van der Waals surface area contributed by atoms with Crippen LogP contribution in [0, 0.1) is 25.1 Å². The molecule has 18 nitrogen and oxygen atoms in total. The van der Waals surface area contributed by atoms with Gasteiger partial charge in [-0.25, -0.2) is 9.37 Å². The Morgan fingerprint density at radius 1 is 0.905 bits per heavy atom. The molecule has 4 heterocycles. The summed E-state index contributed by atoms with van der Waals surface area (Å²) >= 11 is 14.6. The average molecular weight is 1220 g/mol. The smallest absolute Gasteiger partial charge is 0.246 e. The number of likely N-dealkylation sites (N-methyl/N-ethyl adjacent to an activating group) is 1. The summed E-state index contributed by atoms with van der Waals surface area (Å²) in [6.45, 7) is 25.5. The van der Waals surface area contributed by atoms with Crippen molar-refractivity contribution in [2.24, 2.45) is 4.99 Å². The van der Waals surface area contributed by atoms with E-state index in [9.17, 15) is 19.5 Å². The Kier molecular flexibility index (Phi) is 27.2. The van der Waals surface area contributed by atoms with Crippen molar-refractivity contribution < 1.29 is 42.8 Å². The van der Waals surface area contributed by atoms with Crippen LogP contribution in [0.5, 0.6) is 5.75 Å². The molecule has 2 aromatic heterocycles. The predicted molar refractivity (Wildman–Crippen MR) is 340 cm³/mol. The van der Waals surface area contributed by atoms with Gasteiger partial charge in [-0.2, -0.15) is 4.98 Å². The molecule has 8 rings (SSSR count). The van der Waals surface area contributed by atoms with Crippen LogP contribution in [-0.4, -0.2) is 166 Å². The van der Waals surface area contributed by atoms with Crippen molar-refractivity contribution in [1.82, 2.24) is 25.1 Å². The van der Waals surface area contributed by atoms with E-state index in [-0.39, 0.29) is 65.9 Å². The second kappa shape index (κ2) is 33.6. The molecule has 0 unspecified atom stereocenters. The van der Waals surface area contributed by atoms with Crippen LogP contribution in [0.15, 0.2) is 78.5 Å². The zero-order valence-electron chi connectivity index (χ0n) is 48.6. The summed E-state index contributed by atoms with van der Waals surface area (Å²) in [5.74, 6) is -0.00298. The number of phenols is 1. The van der Waals surface area contributed by atoms with E-state index in [1.165, 1.54) is 29.5 Å². The van der Waals surface area contributed by atoms with Crippen LogP contribution in [0.2, 0.25) is 10.0 Å². The van der Waals surface area contributed by atoms with E-state index in [2.05, 4.69) is 42.6 Å². The molecule has 3 aliphatic rings. The lowest BCUT2D eigenvalue weighted by atomic mass is 9.89. The molecule has 1 fully saturated rings. The van der Waals surface area contributed by atoms with Crippen molar-refractivity contribution in [3.05, 3.63) is 122 Å². The number of allylic oxidation sites excluding steroid dienone is 2. The number of fused-ring (bicyclic) bond motifs is 3. The number of carbonyl (C=O) groups is 3. The molecule has 5 aromatic rings. The number of aromatic nitrogens is 2. The number of phenolic OH excluding ortho intramolecular Hbond substituents is 1. The molecule has 1 aliphatic carbocycles. The van der Waals surface area contributed by atoms with E-state index < -0.39 is 5.82 Å². The first-order chi connectivity index (χ1) is 40.0. The number of piperazine rings is 1. The molecule has 22 heteroatoms. The number of aliphatic imine (C=N–C) groups is 1. The van der Waals surface area contributed by atoms with Crippen molar-refractivity contribution in [2.75, 3.05) is 127 Å². The molecule has 0 bridgehead atoms. The number of benzene rings is 3. The van der Waals surface area contributed by atoms with E-state index >= 15 is 4.39 Å². The van der Waals surface area contributed by atoms with Crippen LogP contribution >= 0.6 is 34.5 Å². The Morgan fingerprint density at radius 3 is 2.18 bits per heavy atom. The number of aromatic hydroxyl groups is 1. The maximum absolute atomic E-state index is 16.9. The lowest BCUT2D eigenvalue weighted by Crippen LogP contribution is -2.48. The summed E-state index contributed by atoms with van der Waals surface area (Å²) in [7, 11) is 1.69. The molecule has 0 spiro atoms. The van der Waals surface area contributed by atoms with Crippen molar-refractivity contribution >= 4 is 97.6 Å². The fraction of sp³-hybridized carbons (Fsp3) is 0.435. The SMILES string of the molecule is C.C=C(C)N1C(=N)CN=C(c2ccc(Cl)cc2)c2c1sc(C)c2C.C=CC(=O)N1CCN(c2nc(NCCC(=O)N(C)CCOCCOCCOCCOCCNC(C)=O)nc3c(F)c(-c4cc(O)cc5c4C=CCC5)c(Cl)cc23)CC1.CC. The molecule has 3 amide bonds. The number of anilines is 3. The topological polar surface area (TPSA) is 207 Å². The zero-order valence-corrected chi connectivity index (χ0v) is 50.9. The minimum Gasteiger partial charge on any atom is -0.508 e. The summed E-state index contributed by atoms with van der Waals surface area (Å²) in [5.41, 5.74) is 7.40. The van der Waals surface area contributed by atoms with Crippen LogP contribution in [-0.2, 0) is 39.8 Å². The summed E-state index contributed by atoms with van der Waals surface area (Å²) in [6, 6.07) is 12.6. The van der Waals surface area contributed by atoms with E-state index in [0.717, 1.165) is 45.1 Å². The zero-order chi connectivity index (χ0) is 60.2. The second-order valence-corrected chi connectivity index (χ2v) is 21.5. The standard InChI is InChI=1S/C41H53ClFN7O8.C18H18ClN3S.C2H6.CH4/c1-4-35(53)49-12-14-50(15-13-49)40-33-27-34(42)37(32-26-30(52)25-29-7-5-6-8-31(29)32)38(43)39(33)46-41(47-40)45-10-9-36(54)48(3)16-18-56-20-22-58-24-23-57-21-19-55-17-11-44-28(2)51;1-10(2)22-15(20)9-21-17(13-5-7-14(19)8-6-13)16-11(3)12(4)23-18(16)22;1-2;/h4,6,8,25-27,52H,1,5,7,9-24H2,2-3H3,(H,44,51)(H,45,46,47);5-8,20H,1,9H2,2-4H3;1-2H3;1H4. The van der Waals surface area contributed by atoms with Gasteiger partial charge in [-0.1, -0.05) is 81.9 Å². The number of nitrogens with one attached hydrogen (secondary N) is 3. The normalized spacial score (nSPS) is 13.5. The summed E-state index contributed by atoms with van der Waals surface area (Å²) < 4.78 is 38.8. The van der Waals surface area contributed by atoms with Gasteiger partial charge in [-0.05, 0) is 92.3 Å². The van der Waals surface area contributed by atoms with Gasteiger partial charge in [-0.15, -0.1) is 11.3 Å². The Morgan fingerprint density at radius 2 is 1.55 bits per heavy atom. The Bertz CT molecular complexity index is 3170. The number of amidine groups is 1. The maximum Gasteiger partial charge on any atom is 0.246 e. The highest BCUT2D eigenvalue weighted by atomic mass is 35.5. The van der Waals surface area contributed by atoms with E-state index in [1.807, 2.05) is 67.0 Å². The summed E-state index contributed by atoms with van der Waals surface area (Å²) in [4.78, 5) is 58.5. The molecular weight excluding hydrogens is 1130 g/mol. The predicted octanol–water partition coefficient (Wildman–Crippen LogP) is 10.9. The van der Waals surface area contributed by atoms with Gasteiger partial charge in [0.2, 0.25) is 23.7 Å². The number of nitrogens with zero attached hydrogens (tertiary/aromatic N) is 7. The molecule has 454 valence electrons. The molecule has 0 radical (unpaired) electrons. The molecule has 3 aromatic carbocycles. The van der Waals surface area contributed by atoms with Gasteiger partial charge in [-0.3, -0.25) is 29.7 Å². The minimum absolute atomic E-state index is 0. The number of carbonyl (C=O) groups excluding carboxylic acids is 3. The first-order valence-corrected chi connectivity index (χ1v) is 29.4. The van der Waals surface area contributed by atoms with Crippen molar-refractivity contribution in [2.45, 2.75) is 68.2 Å². The van der Waals surface area contributed by atoms with Crippen molar-refractivity contribution in [3.63, 3.8) is 0 Å². The molecule has 0 atom stereocenters. The highest BCUT2D eigenvalue weighted by Gasteiger charge is 2.30. The van der Waals surface area contributed by atoms with E-state index in [1.54, 1.807) is 40.3 Å². The minimum atomic E-state index is -0.658. The highest BCUT2D eigenvalue weighted by molar-refractivity contribution is 7.17. The Labute approximate surface area is 507 Å². The van der Waals surface area contributed by atoms with Crippen LogP contribution in [0.3, 0.4) is 0 Å². The number of rotatable bonds is 24. The lowest BCUT2D eigenvalue weighted by Gasteiger charge is -2.35. The molecule has 2 aliphatic heterocycles. The lowest BCUT2D eigenvalue weighted by molar-refractivity contribution is -0.130. The highest BCUT2D eigenvalue weighted by Crippen LogP contribution is 2.44. The number of thiophene rings is 1. The fourth-order valence-electron chi connectivity index (χ4n) is 9.34. The average Bonchev–Trinajstić information content (AvgIpc) is 1.95. The van der Waals surface area contributed by atoms with Gasteiger partial charge in [0.15, 0.2) is 5.82 Å². The Hall–Kier alpha value is -6.78. The molecular formula is C62H81Cl2FN10O8S. The monoisotopic (exact) mass is 1210 g/mol. The van der Waals surface area contributed by atoms with Gasteiger partial charge in [0.25, 0.3) is 0 Å². The quantitative estimate of drug-likeness (QED) is 0.0335. The molecule has 0 saturated carbocycles. The van der Waals surface area contributed by atoms with E-state index in [4.69, 9.17) is 57.5 Å². The van der Waals surface area contributed by atoms with Crippen molar-refractivity contribution in [3.8, 4) is 16.9 Å². The first-order valence-electron chi connectivity index (χ1n) is 27.8. The maximum atomic E-state index is 16.9. The van der Waals surface area contributed by atoms with E-state index in [0.29, 0.717) is 133 Å². The number of amides is 3. The van der Waals surface area contributed by atoms with Crippen LogP contribution in [0.1, 0.15) is 80.7 Å². The van der Waals surface area contributed by atoms with Crippen LogP contribution in [0.25, 0.3) is 28.1 Å². The van der Waals surface area contributed by atoms with Crippen molar-refractivity contribution in [1.29, 1.82) is 5.41 Å². The first kappa shape index (κ1) is 68.0. The van der Waals surface area contributed by atoms with Gasteiger partial charge in [0.05, 0.1) is 70.1 Å². The molecule has 84 heavy (non-hydrogen) atoms. The number of hydrogen-bond donors (Lipinski definition) is 4. The third-order valence-corrected chi connectivity index (χ3v) is 15.4. The van der Waals surface area contributed by atoms with Crippen LogP contribution < -0.4 is 20.4 Å². The summed E-state index contributed by atoms with van der Waals surface area (Å²) in [6.07, 6.45) is 6.85. The molecule has 4 N–H and O–H groups in total. The third-order valence-electron chi connectivity index (χ3n) is 13.6. The number of halogens is 3. The second-order valence-electron chi connectivity index (χ2n) is 19.4. The number of ether oxygens (including phenoxy) is 4. The van der Waals surface area contributed by atoms with Gasteiger partial charge in [0.1, 0.15) is 27.9 Å². The number of hydrogen-bond acceptors (Lipinski definition) is 15.